The molecule has 0 saturated heterocycles. The molecule has 0 spiro atoms. The second kappa shape index (κ2) is 4.04. The lowest BCUT2D eigenvalue weighted by atomic mass is 9.50. The van der Waals surface area contributed by atoms with Gasteiger partial charge in [-0.3, -0.25) is 0 Å². The summed E-state index contributed by atoms with van der Waals surface area (Å²) >= 11 is 1.80. The molecule has 0 aliphatic heterocycles. The van der Waals surface area contributed by atoms with Crippen molar-refractivity contribution in [3.8, 4) is 0 Å². The molecule has 2 nitrogen and oxygen atoms in total. The Hall–Kier alpha value is -0.410. The van der Waals surface area contributed by atoms with E-state index in [1.165, 1.54) is 42.0 Å². The monoisotopic (exact) mass is 262 g/mol. The van der Waals surface area contributed by atoms with Crippen LogP contribution in [-0.4, -0.2) is 4.98 Å². The minimum atomic E-state index is 0.207. The first kappa shape index (κ1) is 11.4. The van der Waals surface area contributed by atoms with Crippen LogP contribution in [0.4, 0.5) is 0 Å². The first-order valence-corrected chi connectivity index (χ1v) is 8.20. The summed E-state index contributed by atoms with van der Waals surface area (Å²) in [6, 6.07) is 0.207. The number of hydrogen-bond donors (Lipinski definition) is 1. The van der Waals surface area contributed by atoms with Crippen molar-refractivity contribution in [1.82, 2.24) is 4.98 Å². The molecule has 4 fully saturated rings. The number of thiazole rings is 1. The Morgan fingerprint density at radius 2 is 1.78 bits per heavy atom. The third kappa shape index (κ3) is 1.67. The van der Waals surface area contributed by atoms with Crippen LogP contribution < -0.4 is 5.73 Å². The fraction of sp³-hybridized carbons (Fsp3) is 0.800. The maximum Gasteiger partial charge on any atom is 0.110 e. The predicted molar refractivity (Wildman–Crippen MR) is 74.3 cm³/mol. The summed E-state index contributed by atoms with van der Waals surface area (Å²) < 4.78 is 0. The number of aromatic nitrogens is 1. The molecule has 1 aromatic heterocycles. The molecular formula is C15H22N2S. The summed E-state index contributed by atoms with van der Waals surface area (Å²) in [5.74, 6) is 4.60. The lowest BCUT2D eigenvalue weighted by molar-refractivity contribution is -0.0471. The van der Waals surface area contributed by atoms with Gasteiger partial charge in [0.2, 0.25) is 0 Å². The zero-order valence-corrected chi connectivity index (χ0v) is 11.8. The number of aryl methyl sites for hydroxylation is 1. The van der Waals surface area contributed by atoms with E-state index >= 15 is 0 Å². The molecule has 1 atom stereocenters. The van der Waals surface area contributed by atoms with Gasteiger partial charge in [0, 0.05) is 11.1 Å². The first-order chi connectivity index (χ1) is 8.70. The van der Waals surface area contributed by atoms with Crippen molar-refractivity contribution in [1.29, 1.82) is 0 Å². The van der Waals surface area contributed by atoms with Crippen LogP contribution in [0.2, 0.25) is 0 Å². The van der Waals surface area contributed by atoms with Gasteiger partial charge in [0.25, 0.3) is 0 Å². The molecule has 0 radical (unpaired) electrons. The van der Waals surface area contributed by atoms with E-state index in [1.54, 1.807) is 11.3 Å². The van der Waals surface area contributed by atoms with Gasteiger partial charge in [-0.25, -0.2) is 4.98 Å². The topological polar surface area (TPSA) is 38.9 Å². The maximum absolute atomic E-state index is 6.58. The Labute approximate surface area is 113 Å². The summed E-state index contributed by atoms with van der Waals surface area (Å²) in [5, 5.41) is 1.19. The van der Waals surface area contributed by atoms with Crippen LogP contribution in [0.1, 0.15) is 48.0 Å². The van der Waals surface area contributed by atoms with Gasteiger partial charge < -0.3 is 5.73 Å². The highest BCUT2D eigenvalue weighted by atomic mass is 32.1. The van der Waals surface area contributed by atoms with E-state index < -0.39 is 0 Å². The molecule has 4 aliphatic carbocycles. The van der Waals surface area contributed by atoms with Gasteiger partial charge in [-0.2, -0.15) is 0 Å². The van der Waals surface area contributed by atoms with Gasteiger partial charge in [-0.1, -0.05) is 0 Å². The van der Waals surface area contributed by atoms with Gasteiger partial charge in [0.1, 0.15) is 5.01 Å². The lowest BCUT2D eigenvalue weighted by Gasteiger charge is -2.55. The van der Waals surface area contributed by atoms with E-state index in [0.717, 1.165) is 29.6 Å². The van der Waals surface area contributed by atoms with Crippen LogP contribution >= 0.6 is 11.3 Å². The second-order valence-corrected chi connectivity index (χ2v) is 8.11. The van der Waals surface area contributed by atoms with Crippen LogP contribution in [0.3, 0.4) is 0 Å². The molecule has 5 rings (SSSR count). The Bertz CT molecular complexity index is 425. The fourth-order valence-electron chi connectivity index (χ4n) is 5.24. The Morgan fingerprint density at radius 3 is 2.28 bits per heavy atom. The SMILES string of the molecule is Cc1cnc(C(N)C2C3CC4CC(C3)CC2C4)s1. The highest BCUT2D eigenvalue weighted by molar-refractivity contribution is 7.11. The predicted octanol–water partition coefficient (Wildman–Crippen LogP) is 3.52. The molecule has 0 amide bonds. The summed E-state index contributed by atoms with van der Waals surface area (Å²) in [5.41, 5.74) is 6.58. The molecule has 1 aromatic rings. The zero-order chi connectivity index (χ0) is 12.3. The Morgan fingerprint density at radius 1 is 1.17 bits per heavy atom. The van der Waals surface area contributed by atoms with Crippen LogP contribution in [0.15, 0.2) is 6.20 Å². The highest BCUT2D eigenvalue weighted by Gasteiger charge is 2.50. The number of nitrogens with zero attached hydrogens (tertiary/aromatic N) is 1. The maximum atomic E-state index is 6.58. The smallest absolute Gasteiger partial charge is 0.110 e. The quantitative estimate of drug-likeness (QED) is 0.885. The number of nitrogens with two attached hydrogens (primary N) is 1. The summed E-state index contributed by atoms with van der Waals surface area (Å²) in [6.45, 7) is 2.13. The van der Waals surface area contributed by atoms with E-state index in [4.69, 9.17) is 5.73 Å². The third-order valence-electron chi connectivity index (χ3n) is 5.64. The molecule has 4 aliphatic rings. The Kier molecular flexibility index (Phi) is 2.56. The van der Waals surface area contributed by atoms with E-state index in [-0.39, 0.29) is 6.04 Å². The molecule has 4 bridgehead atoms. The molecule has 0 aromatic carbocycles. The highest BCUT2D eigenvalue weighted by Crippen LogP contribution is 2.59. The first-order valence-electron chi connectivity index (χ1n) is 7.38. The lowest BCUT2D eigenvalue weighted by Crippen LogP contribution is -2.48. The van der Waals surface area contributed by atoms with Crippen molar-refractivity contribution in [2.75, 3.05) is 0 Å². The van der Waals surface area contributed by atoms with Crippen LogP contribution in [0.5, 0.6) is 0 Å². The minimum Gasteiger partial charge on any atom is -0.322 e. The van der Waals surface area contributed by atoms with Gasteiger partial charge in [0.15, 0.2) is 0 Å². The van der Waals surface area contributed by atoms with E-state index in [2.05, 4.69) is 11.9 Å². The van der Waals surface area contributed by atoms with Crippen molar-refractivity contribution >= 4 is 11.3 Å². The van der Waals surface area contributed by atoms with E-state index in [0.29, 0.717) is 0 Å². The average molecular weight is 262 g/mol. The second-order valence-electron chi connectivity index (χ2n) is 6.84. The van der Waals surface area contributed by atoms with Crippen molar-refractivity contribution in [2.24, 2.45) is 35.3 Å². The van der Waals surface area contributed by atoms with Crippen LogP contribution in [0.25, 0.3) is 0 Å². The number of rotatable bonds is 2. The van der Waals surface area contributed by atoms with Gasteiger partial charge >= 0.3 is 0 Å². The van der Waals surface area contributed by atoms with E-state index in [9.17, 15) is 0 Å². The molecule has 2 N–H and O–H groups in total. The summed E-state index contributed by atoms with van der Waals surface area (Å²) in [4.78, 5) is 5.84. The van der Waals surface area contributed by atoms with Crippen molar-refractivity contribution in [3.63, 3.8) is 0 Å². The van der Waals surface area contributed by atoms with Crippen LogP contribution in [0, 0.1) is 36.5 Å². The standard InChI is InChI=1S/C15H22N2S/c1-8-7-17-15(18-8)14(16)13-11-3-9-2-10(5-11)6-12(13)4-9/h7,9-14H,2-6,16H2,1H3. The zero-order valence-electron chi connectivity index (χ0n) is 11.0. The van der Waals surface area contributed by atoms with Gasteiger partial charge in [-0.15, -0.1) is 11.3 Å². The number of hydrogen-bond acceptors (Lipinski definition) is 3. The van der Waals surface area contributed by atoms with E-state index in [1.807, 2.05) is 6.20 Å². The van der Waals surface area contributed by atoms with Gasteiger partial charge in [-0.05, 0) is 68.6 Å². The van der Waals surface area contributed by atoms with Crippen LogP contribution in [-0.2, 0) is 0 Å². The molecule has 4 saturated carbocycles. The molecule has 1 heterocycles. The van der Waals surface area contributed by atoms with Crippen molar-refractivity contribution in [2.45, 2.75) is 45.1 Å². The molecular weight excluding hydrogens is 240 g/mol. The fourth-order valence-corrected chi connectivity index (χ4v) is 6.08. The molecule has 3 heteroatoms. The minimum absolute atomic E-state index is 0.207. The third-order valence-corrected chi connectivity index (χ3v) is 6.65. The normalized spacial score (nSPS) is 43.3. The summed E-state index contributed by atoms with van der Waals surface area (Å²) in [7, 11) is 0. The molecule has 18 heavy (non-hydrogen) atoms. The van der Waals surface area contributed by atoms with Crippen molar-refractivity contribution in [3.05, 3.63) is 16.1 Å². The van der Waals surface area contributed by atoms with Crippen molar-refractivity contribution < 1.29 is 0 Å². The summed E-state index contributed by atoms with van der Waals surface area (Å²) in [6.07, 6.45) is 9.32. The largest absolute Gasteiger partial charge is 0.322 e. The molecule has 98 valence electrons. The Balaban J connectivity index is 1.61. The molecule has 1 unspecified atom stereocenters. The van der Waals surface area contributed by atoms with Gasteiger partial charge in [0.05, 0.1) is 6.04 Å². The average Bonchev–Trinajstić information content (AvgIpc) is 2.74.